The molecule has 16 heavy (non-hydrogen) atoms. The number of fused-ring (bicyclic) bond motifs is 1. The largest absolute Gasteiger partial charge is 0.498 e. The van der Waals surface area contributed by atoms with Gasteiger partial charge in [0, 0.05) is 6.42 Å². The monoisotopic (exact) mass is 220 g/mol. The predicted molar refractivity (Wildman–Crippen MR) is 68.2 cm³/mol. The highest BCUT2D eigenvalue weighted by molar-refractivity contribution is 5.28. The molecule has 0 spiro atoms. The second-order valence-corrected chi connectivity index (χ2v) is 5.08. The third kappa shape index (κ3) is 3.13. The summed E-state index contributed by atoms with van der Waals surface area (Å²) in [7, 11) is 0. The fourth-order valence-electron chi connectivity index (χ4n) is 2.49. The minimum absolute atomic E-state index is 0.833. The number of unbranched alkanes of at least 4 members (excludes halogenated alkanes) is 4. The van der Waals surface area contributed by atoms with Crippen LogP contribution in [-0.4, -0.2) is 6.61 Å². The summed E-state index contributed by atoms with van der Waals surface area (Å²) in [5.41, 5.74) is 1.65. The fourth-order valence-corrected chi connectivity index (χ4v) is 2.49. The molecule has 0 aliphatic heterocycles. The second kappa shape index (κ2) is 6.12. The molecule has 1 heteroatoms. The van der Waals surface area contributed by atoms with Crippen molar-refractivity contribution in [3.63, 3.8) is 0 Å². The van der Waals surface area contributed by atoms with Crippen LogP contribution in [0.25, 0.3) is 0 Å². The van der Waals surface area contributed by atoms with Crippen molar-refractivity contribution in [1.82, 2.24) is 0 Å². The molecule has 0 aromatic carbocycles. The van der Waals surface area contributed by atoms with E-state index in [1.807, 2.05) is 0 Å². The maximum Gasteiger partial charge on any atom is 0.0965 e. The zero-order valence-electron chi connectivity index (χ0n) is 10.5. The Labute approximate surface area is 99.6 Å². The summed E-state index contributed by atoms with van der Waals surface area (Å²) >= 11 is 0. The molecule has 2 rings (SSSR count). The average Bonchev–Trinajstić information content (AvgIpc) is 2.26. The standard InChI is InChI=1S/C15H24O/c1-2-3-4-5-6-11-16-15-10-9-13-7-8-14(13)12-15/h9-10,14H,2-8,11-12H2,1H3. The Morgan fingerprint density at radius 2 is 2.06 bits per heavy atom. The molecule has 0 amide bonds. The fraction of sp³-hybridized carbons (Fsp3) is 0.733. The van der Waals surface area contributed by atoms with Gasteiger partial charge in [0.2, 0.25) is 0 Å². The summed E-state index contributed by atoms with van der Waals surface area (Å²) in [4.78, 5) is 0. The third-order valence-electron chi connectivity index (χ3n) is 3.77. The van der Waals surface area contributed by atoms with Crippen LogP contribution in [0, 0.1) is 5.92 Å². The van der Waals surface area contributed by atoms with E-state index in [1.165, 1.54) is 57.1 Å². The lowest BCUT2D eigenvalue weighted by atomic mass is 9.74. The number of ether oxygens (including phenoxy) is 1. The van der Waals surface area contributed by atoms with E-state index in [2.05, 4.69) is 19.1 Å². The molecule has 2 aliphatic carbocycles. The zero-order valence-corrected chi connectivity index (χ0v) is 10.5. The number of hydrogen-bond acceptors (Lipinski definition) is 1. The van der Waals surface area contributed by atoms with Crippen molar-refractivity contribution in [2.75, 3.05) is 6.61 Å². The third-order valence-corrected chi connectivity index (χ3v) is 3.77. The summed E-state index contributed by atoms with van der Waals surface area (Å²) in [5.74, 6) is 2.06. The van der Waals surface area contributed by atoms with Gasteiger partial charge in [0.1, 0.15) is 0 Å². The van der Waals surface area contributed by atoms with Crippen molar-refractivity contribution in [3.05, 3.63) is 23.5 Å². The van der Waals surface area contributed by atoms with Gasteiger partial charge in [0.15, 0.2) is 0 Å². The number of hydrogen-bond donors (Lipinski definition) is 0. The first-order valence-corrected chi connectivity index (χ1v) is 6.92. The summed E-state index contributed by atoms with van der Waals surface area (Å²) in [6.07, 6.45) is 14.9. The second-order valence-electron chi connectivity index (χ2n) is 5.08. The Kier molecular flexibility index (Phi) is 4.50. The van der Waals surface area contributed by atoms with Crippen molar-refractivity contribution in [3.8, 4) is 0 Å². The van der Waals surface area contributed by atoms with Gasteiger partial charge in [-0.15, -0.1) is 0 Å². The molecule has 1 fully saturated rings. The van der Waals surface area contributed by atoms with E-state index in [4.69, 9.17) is 4.74 Å². The van der Waals surface area contributed by atoms with Crippen LogP contribution in [0.2, 0.25) is 0 Å². The van der Waals surface area contributed by atoms with Crippen LogP contribution in [-0.2, 0) is 4.74 Å². The lowest BCUT2D eigenvalue weighted by molar-refractivity contribution is 0.180. The van der Waals surface area contributed by atoms with E-state index < -0.39 is 0 Å². The summed E-state index contributed by atoms with van der Waals surface area (Å²) in [6.45, 7) is 3.18. The molecule has 1 nitrogen and oxygen atoms in total. The first-order valence-electron chi connectivity index (χ1n) is 6.92. The highest BCUT2D eigenvalue weighted by atomic mass is 16.5. The molecule has 0 saturated heterocycles. The molecule has 1 atom stereocenters. The lowest BCUT2D eigenvalue weighted by Crippen LogP contribution is -2.19. The first kappa shape index (κ1) is 11.8. The normalized spacial score (nSPS) is 22.9. The molecular formula is C15H24O. The smallest absolute Gasteiger partial charge is 0.0965 e. The Bertz CT molecular complexity index is 275. The molecule has 0 aromatic heterocycles. The maximum absolute atomic E-state index is 5.83. The summed E-state index contributed by atoms with van der Waals surface area (Å²) < 4.78 is 5.83. The molecule has 0 radical (unpaired) electrons. The predicted octanol–water partition coefficient (Wildman–Crippen LogP) is 4.60. The Morgan fingerprint density at radius 1 is 1.19 bits per heavy atom. The molecule has 0 N–H and O–H groups in total. The van der Waals surface area contributed by atoms with Crippen LogP contribution in [0.15, 0.2) is 23.5 Å². The van der Waals surface area contributed by atoms with E-state index >= 15 is 0 Å². The quantitative estimate of drug-likeness (QED) is 0.570. The molecule has 0 bridgehead atoms. The van der Waals surface area contributed by atoms with Gasteiger partial charge < -0.3 is 4.74 Å². The van der Waals surface area contributed by atoms with E-state index in [0.717, 1.165) is 12.5 Å². The lowest BCUT2D eigenvalue weighted by Gasteiger charge is -2.33. The van der Waals surface area contributed by atoms with Gasteiger partial charge in [-0.1, -0.05) is 44.3 Å². The van der Waals surface area contributed by atoms with Crippen molar-refractivity contribution in [1.29, 1.82) is 0 Å². The van der Waals surface area contributed by atoms with Crippen LogP contribution in [0.5, 0.6) is 0 Å². The maximum atomic E-state index is 5.83. The Hall–Kier alpha value is -0.720. The number of allylic oxidation sites excluding steroid dienone is 4. The molecule has 2 aliphatic rings. The Morgan fingerprint density at radius 3 is 2.75 bits per heavy atom. The van der Waals surface area contributed by atoms with Gasteiger partial charge in [-0.25, -0.2) is 0 Å². The summed E-state index contributed by atoms with van der Waals surface area (Å²) in [6, 6.07) is 0. The van der Waals surface area contributed by atoms with E-state index in [-0.39, 0.29) is 0 Å². The van der Waals surface area contributed by atoms with Gasteiger partial charge in [0.25, 0.3) is 0 Å². The van der Waals surface area contributed by atoms with Gasteiger partial charge >= 0.3 is 0 Å². The minimum atomic E-state index is 0.833. The van der Waals surface area contributed by atoms with Crippen molar-refractivity contribution < 1.29 is 4.74 Å². The van der Waals surface area contributed by atoms with Gasteiger partial charge in [-0.05, 0) is 31.3 Å². The van der Waals surface area contributed by atoms with Gasteiger partial charge in [-0.2, -0.15) is 0 Å². The van der Waals surface area contributed by atoms with Gasteiger partial charge in [0.05, 0.1) is 12.4 Å². The molecule has 1 saturated carbocycles. The van der Waals surface area contributed by atoms with Crippen molar-refractivity contribution in [2.24, 2.45) is 5.92 Å². The van der Waals surface area contributed by atoms with Gasteiger partial charge in [-0.3, -0.25) is 0 Å². The highest BCUT2D eigenvalue weighted by Gasteiger charge is 2.27. The van der Waals surface area contributed by atoms with Crippen LogP contribution < -0.4 is 0 Å². The molecular weight excluding hydrogens is 196 g/mol. The number of rotatable bonds is 7. The Balaban J connectivity index is 1.56. The van der Waals surface area contributed by atoms with Crippen LogP contribution >= 0.6 is 0 Å². The van der Waals surface area contributed by atoms with Crippen molar-refractivity contribution in [2.45, 2.75) is 58.3 Å². The first-order chi connectivity index (χ1) is 7.90. The minimum Gasteiger partial charge on any atom is -0.498 e. The SMILES string of the molecule is CCCCCCCOC1=CC=C2CCC2C1. The van der Waals surface area contributed by atoms with Crippen molar-refractivity contribution >= 4 is 0 Å². The van der Waals surface area contributed by atoms with E-state index in [9.17, 15) is 0 Å². The summed E-state index contributed by atoms with van der Waals surface area (Å²) in [5, 5.41) is 0. The highest BCUT2D eigenvalue weighted by Crippen LogP contribution is 2.40. The molecule has 0 heterocycles. The molecule has 90 valence electrons. The van der Waals surface area contributed by atoms with Crippen LogP contribution in [0.1, 0.15) is 58.3 Å². The van der Waals surface area contributed by atoms with E-state index in [0.29, 0.717) is 0 Å². The molecule has 0 aromatic rings. The van der Waals surface area contributed by atoms with Crippen LogP contribution in [0.3, 0.4) is 0 Å². The van der Waals surface area contributed by atoms with Crippen LogP contribution in [0.4, 0.5) is 0 Å². The topological polar surface area (TPSA) is 9.23 Å². The van der Waals surface area contributed by atoms with E-state index in [1.54, 1.807) is 5.57 Å². The zero-order chi connectivity index (χ0) is 11.2. The molecule has 1 unspecified atom stereocenters. The average molecular weight is 220 g/mol.